The van der Waals surface area contributed by atoms with Gasteiger partial charge in [-0.25, -0.2) is 4.98 Å². The molecule has 0 bridgehead atoms. The fourth-order valence-corrected chi connectivity index (χ4v) is 3.21. The standard InChI is InChI=1S/C21H18BrN3O2/c1-3-27-19-8-7-13(10-20(19)26-2)16-11-18(25-21(24)17(16)12-23)14-5-4-6-15(22)9-14/h4-11H,3H2,1-2H3,(H2,24,25). The number of hydrogen-bond donors (Lipinski definition) is 1. The molecule has 0 aliphatic rings. The van der Waals surface area contributed by atoms with Crippen LogP contribution in [0.2, 0.25) is 0 Å². The summed E-state index contributed by atoms with van der Waals surface area (Å²) in [7, 11) is 1.58. The first-order chi connectivity index (χ1) is 13.1. The largest absolute Gasteiger partial charge is 0.493 e. The summed E-state index contributed by atoms with van der Waals surface area (Å²) in [4.78, 5) is 4.41. The summed E-state index contributed by atoms with van der Waals surface area (Å²) < 4.78 is 11.9. The molecule has 0 fully saturated rings. The van der Waals surface area contributed by atoms with Crippen molar-refractivity contribution in [3.05, 3.63) is 58.6 Å². The van der Waals surface area contributed by atoms with Crippen LogP contribution in [0.3, 0.4) is 0 Å². The zero-order valence-electron chi connectivity index (χ0n) is 15.0. The van der Waals surface area contributed by atoms with Crippen molar-refractivity contribution in [2.45, 2.75) is 6.92 Å². The summed E-state index contributed by atoms with van der Waals surface area (Å²) in [5, 5.41) is 9.60. The molecule has 0 spiro atoms. The lowest BCUT2D eigenvalue weighted by atomic mass is 9.98. The Labute approximate surface area is 166 Å². The van der Waals surface area contributed by atoms with Gasteiger partial charge in [0, 0.05) is 15.6 Å². The Morgan fingerprint density at radius 1 is 1.11 bits per heavy atom. The van der Waals surface area contributed by atoms with E-state index in [1.165, 1.54) is 0 Å². The third kappa shape index (κ3) is 3.88. The number of nitrogens with two attached hydrogens (primary N) is 1. The normalized spacial score (nSPS) is 10.3. The van der Waals surface area contributed by atoms with E-state index < -0.39 is 0 Å². The molecule has 1 heterocycles. The lowest BCUT2D eigenvalue weighted by molar-refractivity contribution is 0.311. The van der Waals surface area contributed by atoms with Gasteiger partial charge in [-0.2, -0.15) is 5.26 Å². The second kappa shape index (κ2) is 8.11. The molecule has 2 aromatic carbocycles. The topological polar surface area (TPSA) is 81.2 Å². The van der Waals surface area contributed by atoms with Crippen LogP contribution in [0.25, 0.3) is 22.4 Å². The van der Waals surface area contributed by atoms with E-state index in [-0.39, 0.29) is 5.82 Å². The van der Waals surface area contributed by atoms with Gasteiger partial charge >= 0.3 is 0 Å². The highest BCUT2D eigenvalue weighted by molar-refractivity contribution is 9.10. The highest BCUT2D eigenvalue weighted by Gasteiger charge is 2.15. The van der Waals surface area contributed by atoms with Crippen LogP contribution in [0, 0.1) is 11.3 Å². The van der Waals surface area contributed by atoms with Crippen molar-refractivity contribution in [2.24, 2.45) is 0 Å². The van der Waals surface area contributed by atoms with Crippen LogP contribution in [0.15, 0.2) is 53.0 Å². The maximum Gasteiger partial charge on any atom is 0.161 e. The van der Waals surface area contributed by atoms with Crippen molar-refractivity contribution in [2.75, 3.05) is 19.5 Å². The SMILES string of the molecule is CCOc1ccc(-c2cc(-c3cccc(Br)c3)nc(N)c2C#N)cc1OC. The zero-order chi connectivity index (χ0) is 19.4. The van der Waals surface area contributed by atoms with Crippen molar-refractivity contribution < 1.29 is 9.47 Å². The van der Waals surface area contributed by atoms with Crippen molar-refractivity contribution >= 4 is 21.7 Å². The summed E-state index contributed by atoms with van der Waals surface area (Å²) in [6, 6.07) is 17.3. The summed E-state index contributed by atoms with van der Waals surface area (Å²) in [5.41, 5.74) is 9.52. The average Bonchev–Trinajstić information content (AvgIpc) is 2.68. The van der Waals surface area contributed by atoms with Crippen molar-refractivity contribution in [1.29, 1.82) is 5.26 Å². The molecule has 3 rings (SSSR count). The highest BCUT2D eigenvalue weighted by Crippen LogP contribution is 2.36. The first kappa shape index (κ1) is 18.7. The fraction of sp³-hybridized carbons (Fsp3) is 0.143. The van der Waals surface area contributed by atoms with E-state index in [4.69, 9.17) is 15.2 Å². The maximum atomic E-state index is 9.60. The number of hydrogen-bond acceptors (Lipinski definition) is 5. The van der Waals surface area contributed by atoms with Crippen LogP contribution < -0.4 is 15.2 Å². The van der Waals surface area contributed by atoms with Crippen LogP contribution >= 0.6 is 15.9 Å². The Balaban J connectivity index is 2.18. The molecule has 6 heteroatoms. The van der Waals surface area contributed by atoms with Gasteiger partial charge in [0.05, 0.1) is 19.4 Å². The molecule has 2 N–H and O–H groups in total. The smallest absolute Gasteiger partial charge is 0.161 e. The quantitative estimate of drug-likeness (QED) is 0.621. The van der Waals surface area contributed by atoms with Crippen LogP contribution in [-0.2, 0) is 0 Å². The number of ether oxygens (including phenoxy) is 2. The third-order valence-corrected chi connectivity index (χ3v) is 4.55. The molecule has 0 saturated carbocycles. The fourth-order valence-electron chi connectivity index (χ4n) is 2.82. The molecule has 1 aromatic heterocycles. The lowest BCUT2D eigenvalue weighted by Crippen LogP contribution is -2.00. The Hall–Kier alpha value is -3.04. The molecule has 0 saturated heterocycles. The Bertz CT molecular complexity index is 1030. The van der Waals surface area contributed by atoms with Crippen molar-refractivity contribution in [3.63, 3.8) is 0 Å². The minimum Gasteiger partial charge on any atom is -0.493 e. The predicted octanol–water partition coefficient (Wildman–Crippen LogP) is 5.04. The van der Waals surface area contributed by atoms with Gasteiger partial charge < -0.3 is 15.2 Å². The number of nitriles is 1. The summed E-state index contributed by atoms with van der Waals surface area (Å²) >= 11 is 3.47. The second-order valence-corrected chi connectivity index (χ2v) is 6.65. The molecular weight excluding hydrogens is 406 g/mol. The number of rotatable bonds is 5. The molecule has 0 aliphatic heterocycles. The van der Waals surface area contributed by atoms with Gasteiger partial charge in [-0.1, -0.05) is 34.1 Å². The van der Waals surface area contributed by atoms with E-state index >= 15 is 0 Å². The van der Waals surface area contributed by atoms with E-state index in [1.54, 1.807) is 7.11 Å². The van der Waals surface area contributed by atoms with Crippen LogP contribution in [0.5, 0.6) is 11.5 Å². The van der Waals surface area contributed by atoms with E-state index in [0.717, 1.165) is 15.6 Å². The molecule has 5 nitrogen and oxygen atoms in total. The molecule has 0 unspecified atom stereocenters. The van der Waals surface area contributed by atoms with E-state index in [0.29, 0.717) is 34.9 Å². The molecule has 3 aromatic rings. The van der Waals surface area contributed by atoms with Crippen molar-refractivity contribution in [3.8, 4) is 40.0 Å². The number of nitrogens with zero attached hydrogens (tertiary/aromatic N) is 2. The van der Waals surface area contributed by atoms with E-state index in [2.05, 4.69) is 27.0 Å². The van der Waals surface area contributed by atoms with Gasteiger partial charge in [-0.05, 0) is 42.8 Å². The lowest BCUT2D eigenvalue weighted by Gasteiger charge is -2.14. The molecular formula is C21H18BrN3O2. The third-order valence-electron chi connectivity index (χ3n) is 4.05. The Kier molecular flexibility index (Phi) is 5.63. The van der Waals surface area contributed by atoms with E-state index in [1.807, 2.05) is 55.5 Å². The number of benzene rings is 2. The predicted molar refractivity (Wildman–Crippen MR) is 110 cm³/mol. The van der Waals surface area contributed by atoms with Gasteiger partial charge in [0.2, 0.25) is 0 Å². The zero-order valence-corrected chi connectivity index (χ0v) is 16.6. The van der Waals surface area contributed by atoms with Crippen LogP contribution in [-0.4, -0.2) is 18.7 Å². The molecule has 0 amide bonds. The van der Waals surface area contributed by atoms with Gasteiger partial charge in [-0.3, -0.25) is 0 Å². The van der Waals surface area contributed by atoms with Crippen molar-refractivity contribution in [1.82, 2.24) is 4.98 Å². The Morgan fingerprint density at radius 3 is 2.59 bits per heavy atom. The first-order valence-electron chi connectivity index (χ1n) is 8.35. The molecule has 0 radical (unpaired) electrons. The average molecular weight is 424 g/mol. The van der Waals surface area contributed by atoms with Gasteiger partial charge in [0.15, 0.2) is 11.5 Å². The second-order valence-electron chi connectivity index (χ2n) is 5.74. The van der Waals surface area contributed by atoms with Gasteiger partial charge in [0.1, 0.15) is 17.5 Å². The molecule has 0 atom stereocenters. The maximum absolute atomic E-state index is 9.60. The number of pyridine rings is 1. The summed E-state index contributed by atoms with van der Waals surface area (Å²) in [5.74, 6) is 1.44. The number of halogens is 1. The first-order valence-corrected chi connectivity index (χ1v) is 9.14. The number of methoxy groups -OCH3 is 1. The van der Waals surface area contributed by atoms with Gasteiger partial charge in [0.25, 0.3) is 0 Å². The van der Waals surface area contributed by atoms with Crippen LogP contribution in [0.4, 0.5) is 5.82 Å². The molecule has 0 aliphatic carbocycles. The number of anilines is 1. The highest BCUT2D eigenvalue weighted by atomic mass is 79.9. The summed E-state index contributed by atoms with van der Waals surface area (Å²) in [6.45, 7) is 2.45. The molecule has 27 heavy (non-hydrogen) atoms. The monoisotopic (exact) mass is 423 g/mol. The van der Waals surface area contributed by atoms with Gasteiger partial charge in [-0.15, -0.1) is 0 Å². The molecule has 136 valence electrons. The Morgan fingerprint density at radius 2 is 1.93 bits per heavy atom. The number of aromatic nitrogens is 1. The van der Waals surface area contributed by atoms with Crippen LogP contribution in [0.1, 0.15) is 12.5 Å². The number of nitrogen functional groups attached to an aromatic ring is 1. The minimum atomic E-state index is 0.192. The summed E-state index contributed by atoms with van der Waals surface area (Å²) in [6.07, 6.45) is 0. The van der Waals surface area contributed by atoms with E-state index in [9.17, 15) is 5.26 Å². The minimum absolute atomic E-state index is 0.192.